The van der Waals surface area contributed by atoms with Crippen molar-refractivity contribution in [2.75, 3.05) is 16.0 Å². The SMILES string of the molecule is Cc1ccc(Nc2nc3ccccc3c3[nH]nc(NC(=O)Nc4ccccc4)c23)cc1. The molecule has 4 N–H and O–H groups in total. The monoisotopic (exact) mass is 408 g/mol. The fourth-order valence-electron chi connectivity index (χ4n) is 3.47. The van der Waals surface area contributed by atoms with Crippen LogP contribution in [0, 0.1) is 6.92 Å². The molecule has 5 aromatic rings. The zero-order chi connectivity index (χ0) is 21.2. The van der Waals surface area contributed by atoms with Gasteiger partial charge < -0.3 is 10.6 Å². The summed E-state index contributed by atoms with van der Waals surface area (Å²) in [4.78, 5) is 17.4. The number of para-hydroxylation sites is 2. The summed E-state index contributed by atoms with van der Waals surface area (Å²) in [5.74, 6) is 1.01. The van der Waals surface area contributed by atoms with Gasteiger partial charge in [-0.25, -0.2) is 9.78 Å². The highest BCUT2D eigenvalue weighted by Gasteiger charge is 2.17. The predicted octanol–water partition coefficient (Wildman–Crippen LogP) is 5.81. The highest BCUT2D eigenvalue weighted by molar-refractivity contribution is 6.15. The van der Waals surface area contributed by atoms with Crippen molar-refractivity contribution >= 4 is 50.8 Å². The maximum Gasteiger partial charge on any atom is 0.324 e. The Labute approximate surface area is 178 Å². The fraction of sp³-hybridized carbons (Fsp3) is 0.0417. The number of aromatic nitrogens is 3. The van der Waals surface area contributed by atoms with Gasteiger partial charge in [-0.2, -0.15) is 5.10 Å². The molecule has 7 nitrogen and oxygen atoms in total. The first-order chi connectivity index (χ1) is 15.2. The summed E-state index contributed by atoms with van der Waals surface area (Å²) in [5, 5.41) is 18.1. The van der Waals surface area contributed by atoms with Gasteiger partial charge >= 0.3 is 6.03 Å². The van der Waals surface area contributed by atoms with Crippen LogP contribution < -0.4 is 16.0 Å². The number of amides is 2. The quantitative estimate of drug-likeness (QED) is 0.302. The lowest BCUT2D eigenvalue weighted by Gasteiger charge is -2.11. The van der Waals surface area contributed by atoms with Crippen molar-refractivity contribution < 1.29 is 4.79 Å². The summed E-state index contributed by atoms with van der Waals surface area (Å²) in [7, 11) is 0. The van der Waals surface area contributed by atoms with E-state index in [-0.39, 0.29) is 6.03 Å². The summed E-state index contributed by atoms with van der Waals surface area (Å²) in [6.07, 6.45) is 0. The Bertz CT molecular complexity index is 1380. The highest BCUT2D eigenvalue weighted by atomic mass is 16.2. The number of nitrogens with zero attached hydrogens (tertiary/aromatic N) is 2. The zero-order valence-corrected chi connectivity index (χ0v) is 16.8. The molecule has 0 atom stereocenters. The van der Waals surface area contributed by atoms with Crippen LogP contribution in [0.5, 0.6) is 0 Å². The summed E-state index contributed by atoms with van der Waals surface area (Å²) < 4.78 is 0. The maximum atomic E-state index is 12.6. The largest absolute Gasteiger partial charge is 0.340 e. The van der Waals surface area contributed by atoms with Gasteiger partial charge in [0.25, 0.3) is 0 Å². The Balaban J connectivity index is 1.56. The molecule has 0 bridgehead atoms. The number of fused-ring (bicyclic) bond motifs is 3. The molecule has 0 unspecified atom stereocenters. The van der Waals surface area contributed by atoms with E-state index >= 15 is 0 Å². The first-order valence-electron chi connectivity index (χ1n) is 9.91. The second-order valence-electron chi connectivity index (χ2n) is 7.24. The topological polar surface area (TPSA) is 94.7 Å². The lowest BCUT2D eigenvalue weighted by atomic mass is 10.1. The minimum Gasteiger partial charge on any atom is -0.340 e. The number of rotatable bonds is 4. The van der Waals surface area contributed by atoms with E-state index in [1.54, 1.807) is 0 Å². The normalized spacial score (nSPS) is 10.9. The Kier molecular flexibility index (Phi) is 4.68. The van der Waals surface area contributed by atoms with Gasteiger partial charge in [0.15, 0.2) is 5.82 Å². The molecule has 2 heterocycles. The number of H-pyrrole nitrogens is 1. The number of anilines is 4. The first kappa shape index (κ1) is 18.6. The molecule has 0 aliphatic carbocycles. The second-order valence-corrected chi connectivity index (χ2v) is 7.24. The van der Waals surface area contributed by atoms with Gasteiger partial charge in [0.05, 0.1) is 16.4 Å². The van der Waals surface area contributed by atoms with E-state index in [1.807, 2.05) is 85.8 Å². The van der Waals surface area contributed by atoms with Crippen LogP contribution in [0.2, 0.25) is 0 Å². The van der Waals surface area contributed by atoms with Crippen LogP contribution in [0.4, 0.5) is 27.8 Å². The zero-order valence-electron chi connectivity index (χ0n) is 16.8. The number of aromatic amines is 1. The number of carbonyl (C=O) groups is 1. The van der Waals surface area contributed by atoms with E-state index in [0.717, 1.165) is 22.1 Å². The van der Waals surface area contributed by atoms with Crippen LogP contribution >= 0.6 is 0 Å². The number of hydrogen-bond acceptors (Lipinski definition) is 4. The van der Waals surface area contributed by atoms with Gasteiger partial charge in [-0.05, 0) is 37.3 Å². The average Bonchev–Trinajstić information content (AvgIpc) is 3.20. The molecule has 0 fully saturated rings. The summed E-state index contributed by atoms with van der Waals surface area (Å²) >= 11 is 0. The van der Waals surface area contributed by atoms with Crippen LogP contribution in [0.1, 0.15) is 5.56 Å². The summed E-state index contributed by atoms with van der Waals surface area (Å²) in [6, 6.07) is 24.7. The van der Waals surface area contributed by atoms with E-state index in [2.05, 4.69) is 26.1 Å². The standard InChI is InChI=1S/C24H20N6O/c1-15-11-13-17(14-12-15)25-22-20-21(18-9-5-6-10-19(18)27-22)29-30-23(20)28-24(31)26-16-7-3-2-4-8-16/h2-14H,1H3,(H,25,27)(H3,26,28,29,30,31). The molecule has 0 saturated heterocycles. The van der Waals surface area contributed by atoms with E-state index in [0.29, 0.717) is 22.7 Å². The van der Waals surface area contributed by atoms with Crippen LogP contribution in [0.25, 0.3) is 21.8 Å². The Hall–Kier alpha value is -4.39. The predicted molar refractivity (Wildman–Crippen MR) is 125 cm³/mol. The number of urea groups is 1. The average molecular weight is 408 g/mol. The van der Waals surface area contributed by atoms with Gasteiger partial charge in [-0.1, -0.05) is 54.1 Å². The number of benzene rings is 3. The van der Waals surface area contributed by atoms with E-state index in [4.69, 9.17) is 4.98 Å². The second kappa shape index (κ2) is 7.79. The molecular weight excluding hydrogens is 388 g/mol. The Morgan fingerprint density at radius 3 is 2.35 bits per heavy atom. The molecule has 2 amide bonds. The Morgan fingerprint density at radius 1 is 0.806 bits per heavy atom. The van der Waals surface area contributed by atoms with Gasteiger partial charge in [0, 0.05) is 16.8 Å². The van der Waals surface area contributed by atoms with Crippen LogP contribution in [-0.4, -0.2) is 21.2 Å². The van der Waals surface area contributed by atoms with Gasteiger partial charge in [0.1, 0.15) is 5.82 Å². The highest BCUT2D eigenvalue weighted by Crippen LogP contribution is 2.34. The van der Waals surface area contributed by atoms with Crippen molar-refractivity contribution in [2.24, 2.45) is 0 Å². The summed E-state index contributed by atoms with van der Waals surface area (Å²) in [5.41, 5.74) is 4.39. The minimum absolute atomic E-state index is 0.381. The smallest absolute Gasteiger partial charge is 0.324 e. The van der Waals surface area contributed by atoms with Crippen molar-refractivity contribution in [2.45, 2.75) is 6.92 Å². The molecule has 7 heteroatoms. The number of pyridine rings is 1. The molecule has 2 aromatic heterocycles. The number of aryl methyl sites for hydroxylation is 1. The molecule has 5 rings (SSSR count). The number of nitrogens with one attached hydrogen (secondary N) is 4. The molecule has 0 aliphatic rings. The van der Waals surface area contributed by atoms with Gasteiger partial charge in [-0.3, -0.25) is 10.4 Å². The summed E-state index contributed by atoms with van der Waals surface area (Å²) in [6.45, 7) is 2.04. The molecule has 31 heavy (non-hydrogen) atoms. The third-order valence-corrected chi connectivity index (χ3v) is 4.99. The maximum absolute atomic E-state index is 12.6. The first-order valence-corrected chi connectivity index (χ1v) is 9.91. The third-order valence-electron chi connectivity index (χ3n) is 4.99. The lowest BCUT2D eigenvalue weighted by molar-refractivity contribution is 0.262. The molecule has 3 aromatic carbocycles. The minimum atomic E-state index is -0.381. The van der Waals surface area contributed by atoms with Crippen molar-refractivity contribution in [3.8, 4) is 0 Å². The van der Waals surface area contributed by atoms with Crippen molar-refractivity contribution in [3.63, 3.8) is 0 Å². The van der Waals surface area contributed by atoms with Crippen molar-refractivity contribution in [1.82, 2.24) is 15.2 Å². The number of carbonyl (C=O) groups excluding carboxylic acids is 1. The van der Waals surface area contributed by atoms with Gasteiger partial charge in [-0.15, -0.1) is 0 Å². The van der Waals surface area contributed by atoms with Crippen LogP contribution in [-0.2, 0) is 0 Å². The molecule has 152 valence electrons. The molecule has 0 saturated carbocycles. The van der Waals surface area contributed by atoms with Crippen LogP contribution in [0.3, 0.4) is 0 Å². The third kappa shape index (κ3) is 3.76. The van der Waals surface area contributed by atoms with E-state index in [1.165, 1.54) is 5.56 Å². The Morgan fingerprint density at radius 2 is 1.55 bits per heavy atom. The van der Waals surface area contributed by atoms with Crippen molar-refractivity contribution in [3.05, 3.63) is 84.4 Å². The van der Waals surface area contributed by atoms with E-state index in [9.17, 15) is 4.79 Å². The van der Waals surface area contributed by atoms with Crippen LogP contribution in [0.15, 0.2) is 78.9 Å². The molecule has 0 radical (unpaired) electrons. The van der Waals surface area contributed by atoms with Crippen molar-refractivity contribution in [1.29, 1.82) is 0 Å². The molecular formula is C24H20N6O. The lowest BCUT2D eigenvalue weighted by Crippen LogP contribution is -2.19. The van der Waals surface area contributed by atoms with Gasteiger partial charge in [0.2, 0.25) is 0 Å². The molecule has 0 spiro atoms. The fourth-order valence-corrected chi connectivity index (χ4v) is 3.47. The molecule has 0 aliphatic heterocycles. The van der Waals surface area contributed by atoms with E-state index < -0.39 is 0 Å². The number of hydrogen-bond donors (Lipinski definition) is 4.